The van der Waals surface area contributed by atoms with Crippen molar-refractivity contribution in [3.8, 4) is 6.07 Å². The molecule has 0 aliphatic rings. The first-order valence-corrected chi connectivity index (χ1v) is 12.1. The van der Waals surface area contributed by atoms with Gasteiger partial charge >= 0.3 is 0 Å². The number of aliphatic imine (C=N–C) groups is 1. The molecule has 3 aromatic rings. The second-order valence-corrected chi connectivity index (χ2v) is 9.03. The third-order valence-electron chi connectivity index (χ3n) is 6.51. The fraction of sp³-hybridized carbons (Fsp3) is 0.300. The van der Waals surface area contributed by atoms with Crippen LogP contribution >= 0.6 is 0 Å². The number of H-pyrrole nitrogens is 1. The van der Waals surface area contributed by atoms with Crippen LogP contribution in [-0.2, 0) is 18.3 Å². The van der Waals surface area contributed by atoms with Crippen molar-refractivity contribution in [2.24, 2.45) is 4.99 Å². The molecule has 1 aromatic heterocycles. The van der Waals surface area contributed by atoms with Gasteiger partial charge < -0.3 is 9.88 Å². The Bertz CT molecular complexity index is 1310. The average Bonchev–Trinajstić information content (AvgIpc) is 2.89. The minimum absolute atomic E-state index is 0.0640. The van der Waals surface area contributed by atoms with Crippen LogP contribution in [0.25, 0.3) is 10.9 Å². The number of nitrogens with one attached hydrogen (secondary N) is 1. The van der Waals surface area contributed by atoms with Crippen LogP contribution in [-0.4, -0.2) is 30.2 Å². The van der Waals surface area contributed by atoms with Gasteiger partial charge in [0.2, 0.25) is 0 Å². The Labute approximate surface area is 208 Å². The maximum absolute atomic E-state index is 12.2. The lowest BCUT2D eigenvalue weighted by Crippen LogP contribution is -2.20. The normalized spacial score (nSPS) is 13.5. The van der Waals surface area contributed by atoms with Gasteiger partial charge in [-0.3, -0.25) is 4.79 Å². The lowest BCUT2D eigenvalue weighted by molar-refractivity contribution is 0.419. The predicted molar refractivity (Wildman–Crippen MR) is 146 cm³/mol. The van der Waals surface area contributed by atoms with E-state index in [-0.39, 0.29) is 5.56 Å². The van der Waals surface area contributed by atoms with E-state index < -0.39 is 5.41 Å². The van der Waals surface area contributed by atoms with E-state index in [0.717, 1.165) is 47.2 Å². The quantitative estimate of drug-likeness (QED) is 0.281. The summed E-state index contributed by atoms with van der Waals surface area (Å²) in [6.07, 6.45) is 9.02. The molecule has 2 aromatic carbocycles. The zero-order chi connectivity index (χ0) is 25.3. The van der Waals surface area contributed by atoms with Crippen LogP contribution in [0.15, 0.2) is 88.4 Å². The van der Waals surface area contributed by atoms with Crippen molar-refractivity contribution in [1.29, 1.82) is 5.26 Å². The Morgan fingerprint density at radius 1 is 1.23 bits per heavy atom. The van der Waals surface area contributed by atoms with Gasteiger partial charge in [0.1, 0.15) is 5.82 Å². The highest BCUT2D eigenvalue weighted by Crippen LogP contribution is 2.30. The highest BCUT2D eigenvalue weighted by atomic mass is 16.1. The summed E-state index contributed by atoms with van der Waals surface area (Å²) in [7, 11) is 2.01. The fourth-order valence-corrected chi connectivity index (χ4v) is 4.10. The highest BCUT2D eigenvalue weighted by molar-refractivity contribution is 5.80. The highest BCUT2D eigenvalue weighted by Gasteiger charge is 2.26. The van der Waals surface area contributed by atoms with E-state index in [9.17, 15) is 10.1 Å². The first kappa shape index (κ1) is 25.7. The van der Waals surface area contributed by atoms with Gasteiger partial charge in [-0.15, -0.1) is 0 Å². The number of benzene rings is 2. The van der Waals surface area contributed by atoms with Crippen molar-refractivity contribution in [3.05, 3.63) is 106 Å². The van der Waals surface area contributed by atoms with Gasteiger partial charge in [0.25, 0.3) is 5.56 Å². The molecule has 0 spiro atoms. The van der Waals surface area contributed by atoms with Gasteiger partial charge in [0.15, 0.2) is 0 Å². The summed E-state index contributed by atoms with van der Waals surface area (Å²) in [4.78, 5) is 21.4. The standard InChI is InChI=1S/C30H34N4O/c1-5-24-20-25-15-16-26(21-27(25)33-29(24)35)30(2,22-31)18-11-7-10-14-28(32-3)34(4)19-17-23-12-8-6-9-13-23/h6-10,12-16,20-21H,3,5,11,17-19H2,1-2,4H3,(H,33,35)/b10-7-,28-14+. The van der Waals surface area contributed by atoms with Crippen LogP contribution in [0, 0.1) is 11.3 Å². The number of likely N-dealkylation sites (N-methyl/N-ethyl adjacent to an activating group) is 1. The number of aromatic nitrogens is 1. The van der Waals surface area contributed by atoms with E-state index >= 15 is 0 Å². The molecule has 5 nitrogen and oxygen atoms in total. The number of allylic oxidation sites excluding steroid dienone is 3. The molecule has 1 unspecified atom stereocenters. The average molecular weight is 467 g/mol. The number of nitriles is 1. The van der Waals surface area contributed by atoms with E-state index in [0.29, 0.717) is 12.8 Å². The molecule has 0 fully saturated rings. The smallest absolute Gasteiger partial charge is 0.251 e. The van der Waals surface area contributed by atoms with Gasteiger partial charge in [0, 0.05) is 24.7 Å². The Kier molecular flexibility index (Phi) is 8.80. The molecule has 1 heterocycles. The predicted octanol–water partition coefficient (Wildman–Crippen LogP) is 5.92. The third-order valence-corrected chi connectivity index (χ3v) is 6.51. The van der Waals surface area contributed by atoms with Crippen LogP contribution in [0.4, 0.5) is 0 Å². The molecule has 1 N–H and O–H groups in total. The molecule has 3 rings (SSSR count). The molecule has 5 heteroatoms. The molecule has 0 aliphatic heterocycles. The van der Waals surface area contributed by atoms with Crippen molar-refractivity contribution in [2.45, 2.75) is 44.9 Å². The van der Waals surface area contributed by atoms with E-state index in [1.807, 2.05) is 63.4 Å². The minimum Gasteiger partial charge on any atom is -0.359 e. The van der Waals surface area contributed by atoms with Crippen molar-refractivity contribution >= 4 is 17.6 Å². The maximum atomic E-state index is 12.2. The Balaban J connectivity index is 1.64. The Morgan fingerprint density at radius 3 is 2.69 bits per heavy atom. The molecular formula is C30H34N4O. The lowest BCUT2D eigenvalue weighted by atomic mass is 9.79. The van der Waals surface area contributed by atoms with Crippen LogP contribution in [0.2, 0.25) is 0 Å². The number of rotatable bonds is 11. The van der Waals surface area contributed by atoms with Crippen LogP contribution in [0.5, 0.6) is 0 Å². The van der Waals surface area contributed by atoms with Crippen LogP contribution in [0.3, 0.4) is 0 Å². The summed E-state index contributed by atoms with van der Waals surface area (Å²) in [6.45, 7) is 8.47. The summed E-state index contributed by atoms with van der Waals surface area (Å²) in [6, 6.07) is 20.7. The zero-order valence-electron chi connectivity index (χ0n) is 20.9. The third kappa shape index (κ3) is 6.58. The SMILES string of the molecule is C=N/C(=C\C=C/CCC(C)(C#N)c1ccc2cc(CC)c(=O)[nH]c2c1)N(C)CCc1ccccc1. The molecule has 0 aliphatic carbocycles. The summed E-state index contributed by atoms with van der Waals surface area (Å²) in [5.74, 6) is 0.810. The topological polar surface area (TPSA) is 72.2 Å². The van der Waals surface area contributed by atoms with Crippen molar-refractivity contribution in [1.82, 2.24) is 9.88 Å². The summed E-state index contributed by atoms with van der Waals surface area (Å²) >= 11 is 0. The number of aryl methyl sites for hydroxylation is 1. The molecular weight excluding hydrogens is 432 g/mol. The largest absolute Gasteiger partial charge is 0.359 e. The molecule has 35 heavy (non-hydrogen) atoms. The number of hydrogen-bond acceptors (Lipinski definition) is 4. The van der Waals surface area contributed by atoms with Crippen molar-refractivity contribution in [2.75, 3.05) is 13.6 Å². The lowest BCUT2D eigenvalue weighted by Gasteiger charge is -2.22. The van der Waals surface area contributed by atoms with Gasteiger partial charge in [-0.05, 0) is 74.0 Å². The van der Waals surface area contributed by atoms with E-state index in [1.54, 1.807) is 0 Å². The van der Waals surface area contributed by atoms with Crippen molar-refractivity contribution in [3.63, 3.8) is 0 Å². The molecule has 0 bridgehead atoms. The molecule has 180 valence electrons. The van der Waals surface area contributed by atoms with E-state index in [2.05, 4.69) is 58.0 Å². The van der Waals surface area contributed by atoms with Crippen LogP contribution in [0.1, 0.15) is 43.4 Å². The first-order chi connectivity index (χ1) is 16.9. The maximum Gasteiger partial charge on any atom is 0.251 e. The number of hydrogen-bond donors (Lipinski definition) is 1. The van der Waals surface area contributed by atoms with E-state index in [4.69, 9.17) is 0 Å². The van der Waals surface area contributed by atoms with Crippen molar-refractivity contribution < 1.29 is 0 Å². The number of fused-ring (bicyclic) bond motifs is 1. The Morgan fingerprint density at radius 2 is 2.00 bits per heavy atom. The second kappa shape index (κ2) is 12.0. The number of pyridine rings is 1. The first-order valence-electron chi connectivity index (χ1n) is 12.1. The summed E-state index contributed by atoms with van der Waals surface area (Å²) in [5.41, 5.74) is 3.01. The molecule has 1 atom stereocenters. The molecule has 0 saturated heterocycles. The summed E-state index contributed by atoms with van der Waals surface area (Å²) < 4.78 is 0. The van der Waals surface area contributed by atoms with Gasteiger partial charge in [-0.1, -0.05) is 61.5 Å². The van der Waals surface area contributed by atoms with Gasteiger partial charge in [-0.2, -0.15) is 5.26 Å². The second-order valence-electron chi connectivity index (χ2n) is 9.03. The fourth-order valence-electron chi connectivity index (χ4n) is 4.10. The minimum atomic E-state index is -0.658. The van der Waals surface area contributed by atoms with Gasteiger partial charge in [0.05, 0.1) is 11.5 Å². The monoisotopic (exact) mass is 466 g/mol. The molecule has 0 radical (unpaired) electrons. The van der Waals surface area contributed by atoms with Crippen LogP contribution < -0.4 is 5.56 Å². The number of aromatic amines is 1. The molecule has 0 saturated carbocycles. The summed E-state index contributed by atoms with van der Waals surface area (Å²) in [5, 5.41) is 11.0. The zero-order valence-corrected chi connectivity index (χ0v) is 20.9. The van der Waals surface area contributed by atoms with E-state index in [1.165, 1.54) is 5.56 Å². The van der Waals surface area contributed by atoms with Gasteiger partial charge in [-0.25, -0.2) is 4.99 Å². The number of nitrogens with zero attached hydrogens (tertiary/aromatic N) is 3. The molecule has 0 amide bonds. The Hall–Kier alpha value is -3.91.